The van der Waals surface area contributed by atoms with Gasteiger partial charge in [0.15, 0.2) is 0 Å². The summed E-state index contributed by atoms with van der Waals surface area (Å²) in [5.74, 6) is -1.27. The standard InChI is InChI=1S/C9H7F3N2O4/c1-2-18-8(15)7-5(14(16)17)3-4-6(13-7)9(10,11)12/h3-4H,2H2,1H3. The van der Waals surface area contributed by atoms with Crippen LogP contribution in [0, 0.1) is 10.1 Å². The van der Waals surface area contributed by atoms with E-state index >= 15 is 0 Å². The van der Waals surface area contributed by atoms with Gasteiger partial charge in [0.25, 0.3) is 0 Å². The van der Waals surface area contributed by atoms with E-state index in [1.165, 1.54) is 6.92 Å². The first-order valence-corrected chi connectivity index (χ1v) is 4.67. The highest BCUT2D eigenvalue weighted by atomic mass is 19.4. The summed E-state index contributed by atoms with van der Waals surface area (Å²) in [6, 6.07) is 1.00. The van der Waals surface area contributed by atoms with Crippen LogP contribution in [-0.2, 0) is 10.9 Å². The number of esters is 1. The summed E-state index contributed by atoms with van der Waals surface area (Å²) < 4.78 is 41.5. The number of carbonyl (C=O) groups excluding carboxylic acids is 1. The number of halogens is 3. The van der Waals surface area contributed by atoms with E-state index in [2.05, 4.69) is 9.72 Å². The number of aromatic nitrogens is 1. The van der Waals surface area contributed by atoms with Crippen molar-refractivity contribution in [2.24, 2.45) is 0 Å². The van der Waals surface area contributed by atoms with Crippen LogP contribution in [0.15, 0.2) is 12.1 Å². The zero-order valence-electron chi connectivity index (χ0n) is 9.02. The van der Waals surface area contributed by atoms with Gasteiger partial charge in [-0.3, -0.25) is 10.1 Å². The van der Waals surface area contributed by atoms with E-state index in [0.717, 1.165) is 0 Å². The number of hydrogen-bond donors (Lipinski definition) is 0. The van der Waals surface area contributed by atoms with Crippen LogP contribution >= 0.6 is 0 Å². The molecule has 0 aromatic carbocycles. The highest BCUT2D eigenvalue weighted by Crippen LogP contribution is 2.30. The maximum absolute atomic E-state index is 12.4. The van der Waals surface area contributed by atoms with Gasteiger partial charge in [-0.05, 0) is 13.0 Å². The van der Waals surface area contributed by atoms with E-state index in [-0.39, 0.29) is 6.61 Å². The van der Waals surface area contributed by atoms with Gasteiger partial charge in [-0.1, -0.05) is 0 Å². The minimum absolute atomic E-state index is 0.131. The largest absolute Gasteiger partial charge is 0.461 e. The molecule has 0 aliphatic rings. The lowest BCUT2D eigenvalue weighted by molar-refractivity contribution is -0.385. The van der Waals surface area contributed by atoms with Gasteiger partial charge in [0.05, 0.1) is 11.5 Å². The number of nitro groups is 1. The van der Waals surface area contributed by atoms with Crippen LogP contribution in [0.4, 0.5) is 18.9 Å². The van der Waals surface area contributed by atoms with Gasteiger partial charge in [-0.25, -0.2) is 9.78 Å². The van der Waals surface area contributed by atoms with Gasteiger partial charge in [0, 0.05) is 6.07 Å². The number of nitrogens with zero attached hydrogens (tertiary/aromatic N) is 2. The third-order valence-corrected chi connectivity index (χ3v) is 1.83. The average Bonchev–Trinajstić information content (AvgIpc) is 2.27. The van der Waals surface area contributed by atoms with Crippen LogP contribution in [0.5, 0.6) is 0 Å². The molecular weight excluding hydrogens is 257 g/mol. The first-order valence-electron chi connectivity index (χ1n) is 4.67. The average molecular weight is 264 g/mol. The molecule has 0 amide bonds. The van der Waals surface area contributed by atoms with Crippen molar-refractivity contribution in [1.29, 1.82) is 0 Å². The summed E-state index contributed by atoms with van der Waals surface area (Å²) in [5, 5.41) is 10.6. The van der Waals surface area contributed by atoms with Crippen molar-refractivity contribution in [1.82, 2.24) is 4.98 Å². The molecule has 0 saturated carbocycles. The van der Waals surface area contributed by atoms with Crippen LogP contribution in [0.2, 0.25) is 0 Å². The van der Waals surface area contributed by atoms with Gasteiger partial charge in [0.1, 0.15) is 5.69 Å². The monoisotopic (exact) mass is 264 g/mol. The van der Waals surface area contributed by atoms with E-state index in [0.29, 0.717) is 12.1 Å². The van der Waals surface area contributed by atoms with Gasteiger partial charge >= 0.3 is 17.8 Å². The second-order valence-corrected chi connectivity index (χ2v) is 3.04. The Hall–Kier alpha value is -2.19. The van der Waals surface area contributed by atoms with E-state index in [1.54, 1.807) is 0 Å². The highest BCUT2D eigenvalue weighted by molar-refractivity contribution is 5.91. The number of hydrogen-bond acceptors (Lipinski definition) is 5. The normalized spacial score (nSPS) is 11.1. The third-order valence-electron chi connectivity index (χ3n) is 1.83. The number of rotatable bonds is 3. The van der Waals surface area contributed by atoms with Gasteiger partial charge in [0.2, 0.25) is 5.69 Å². The molecule has 0 saturated heterocycles. The summed E-state index contributed by atoms with van der Waals surface area (Å²) in [6.07, 6.45) is -4.80. The summed E-state index contributed by atoms with van der Waals surface area (Å²) in [6.45, 7) is 1.28. The Balaban J connectivity index is 3.33. The summed E-state index contributed by atoms with van der Waals surface area (Å²) in [5.41, 5.74) is -3.19. The van der Waals surface area contributed by atoms with Crippen LogP contribution in [0.3, 0.4) is 0 Å². The fourth-order valence-electron chi connectivity index (χ4n) is 1.11. The molecule has 1 aromatic heterocycles. The fraction of sp³-hybridized carbons (Fsp3) is 0.333. The van der Waals surface area contributed by atoms with Crippen molar-refractivity contribution in [3.8, 4) is 0 Å². The molecule has 6 nitrogen and oxygen atoms in total. The predicted molar refractivity (Wildman–Crippen MR) is 51.8 cm³/mol. The predicted octanol–water partition coefficient (Wildman–Crippen LogP) is 2.19. The maximum atomic E-state index is 12.4. The summed E-state index contributed by atoms with van der Waals surface area (Å²) >= 11 is 0. The van der Waals surface area contributed by atoms with E-state index in [1.807, 2.05) is 0 Å². The SMILES string of the molecule is CCOC(=O)c1nc(C(F)(F)F)ccc1[N+](=O)[O-]. The zero-order chi connectivity index (χ0) is 13.9. The molecule has 9 heteroatoms. The molecule has 1 aromatic rings. The maximum Gasteiger partial charge on any atom is 0.433 e. The Bertz CT molecular complexity index is 487. The molecule has 0 fully saturated rings. The molecule has 98 valence electrons. The van der Waals surface area contributed by atoms with Gasteiger partial charge < -0.3 is 4.74 Å². The topological polar surface area (TPSA) is 82.3 Å². The van der Waals surface area contributed by atoms with Crippen LogP contribution < -0.4 is 0 Å². The Morgan fingerprint density at radius 2 is 2.11 bits per heavy atom. The number of pyridine rings is 1. The molecule has 0 radical (unpaired) electrons. The molecule has 18 heavy (non-hydrogen) atoms. The molecule has 0 atom stereocenters. The molecule has 0 spiro atoms. The molecule has 1 rings (SSSR count). The van der Waals surface area contributed by atoms with Crippen molar-refractivity contribution in [3.63, 3.8) is 0 Å². The highest BCUT2D eigenvalue weighted by Gasteiger charge is 2.35. The van der Waals surface area contributed by atoms with Crippen molar-refractivity contribution >= 4 is 11.7 Å². The Kier molecular flexibility index (Phi) is 3.84. The fourth-order valence-corrected chi connectivity index (χ4v) is 1.11. The molecule has 0 bridgehead atoms. The lowest BCUT2D eigenvalue weighted by atomic mass is 10.2. The van der Waals surface area contributed by atoms with Crippen molar-refractivity contribution in [2.45, 2.75) is 13.1 Å². The van der Waals surface area contributed by atoms with Gasteiger partial charge in [-0.2, -0.15) is 13.2 Å². The number of alkyl halides is 3. The van der Waals surface area contributed by atoms with E-state index < -0.39 is 34.1 Å². The van der Waals surface area contributed by atoms with Crippen LogP contribution in [0.1, 0.15) is 23.1 Å². The molecule has 0 aliphatic carbocycles. The zero-order valence-corrected chi connectivity index (χ0v) is 9.02. The lowest BCUT2D eigenvalue weighted by Crippen LogP contribution is -2.15. The molecule has 0 aliphatic heterocycles. The van der Waals surface area contributed by atoms with Crippen molar-refractivity contribution in [3.05, 3.63) is 33.6 Å². The van der Waals surface area contributed by atoms with Gasteiger partial charge in [-0.15, -0.1) is 0 Å². The van der Waals surface area contributed by atoms with Crippen molar-refractivity contribution in [2.75, 3.05) is 6.61 Å². The van der Waals surface area contributed by atoms with Crippen LogP contribution in [-0.4, -0.2) is 22.5 Å². The summed E-state index contributed by atoms with van der Waals surface area (Å²) in [4.78, 5) is 23.8. The van der Waals surface area contributed by atoms with E-state index in [9.17, 15) is 28.1 Å². The molecule has 0 unspecified atom stereocenters. The Morgan fingerprint density at radius 3 is 2.56 bits per heavy atom. The number of ether oxygens (including phenoxy) is 1. The first-order chi connectivity index (χ1) is 8.27. The quantitative estimate of drug-likeness (QED) is 0.474. The molecular formula is C9H7F3N2O4. The summed E-state index contributed by atoms with van der Waals surface area (Å²) in [7, 11) is 0. The second kappa shape index (κ2) is 4.98. The lowest BCUT2D eigenvalue weighted by Gasteiger charge is -2.07. The Labute approximate surface area is 98.5 Å². The first kappa shape index (κ1) is 13.9. The van der Waals surface area contributed by atoms with E-state index in [4.69, 9.17) is 0 Å². The minimum atomic E-state index is -4.80. The second-order valence-electron chi connectivity index (χ2n) is 3.04. The smallest absolute Gasteiger partial charge is 0.433 e. The Morgan fingerprint density at radius 1 is 1.50 bits per heavy atom. The molecule has 1 heterocycles. The number of carbonyl (C=O) groups is 1. The third kappa shape index (κ3) is 2.93. The van der Waals surface area contributed by atoms with Crippen molar-refractivity contribution < 1.29 is 27.6 Å². The molecule has 0 N–H and O–H groups in total. The van der Waals surface area contributed by atoms with Crippen LogP contribution in [0.25, 0.3) is 0 Å². The minimum Gasteiger partial charge on any atom is -0.461 e.